The minimum atomic E-state index is -1.72. The normalized spacial score (nSPS) is 15.5. The summed E-state index contributed by atoms with van der Waals surface area (Å²) in [6, 6.07) is -6.08. The summed E-state index contributed by atoms with van der Waals surface area (Å²) in [4.78, 5) is 70.3. The van der Waals surface area contributed by atoms with Gasteiger partial charge in [0, 0.05) is 0 Å². The monoisotopic (exact) mass is 447 g/mol. The van der Waals surface area contributed by atoms with Gasteiger partial charge in [-0.25, -0.2) is 4.79 Å². The lowest BCUT2D eigenvalue weighted by atomic mass is 9.99. The second kappa shape index (κ2) is 13.1. The van der Waals surface area contributed by atoms with Gasteiger partial charge in [0.05, 0.1) is 25.5 Å². The van der Waals surface area contributed by atoms with E-state index in [1.54, 1.807) is 13.8 Å². The van der Waals surface area contributed by atoms with Crippen molar-refractivity contribution in [1.82, 2.24) is 16.0 Å². The van der Waals surface area contributed by atoms with Crippen molar-refractivity contribution >= 4 is 35.6 Å². The fourth-order valence-corrected chi connectivity index (χ4v) is 2.30. The highest BCUT2D eigenvalue weighted by atomic mass is 16.4. The molecule has 0 spiro atoms. The molecule has 0 fully saturated rings. The fraction of sp³-hybridized carbons (Fsp3) is 0.647. The van der Waals surface area contributed by atoms with Crippen molar-refractivity contribution in [3.63, 3.8) is 0 Å². The van der Waals surface area contributed by atoms with E-state index in [2.05, 4.69) is 10.6 Å². The van der Waals surface area contributed by atoms with Crippen molar-refractivity contribution in [2.75, 3.05) is 6.61 Å². The number of carbonyl (C=O) groups excluding carboxylic acids is 4. The molecule has 0 aliphatic heterocycles. The lowest BCUT2D eigenvalue weighted by Gasteiger charge is -2.24. The van der Waals surface area contributed by atoms with E-state index in [9.17, 15) is 28.8 Å². The van der Waals surface area contributed by atoms with Gasteiger partial charge in [0.15, 0.2) is 0 Å². The van der Waals surface area contributed by atoms with Crippen LogP contribution in [-0.2, 0) is 28.8 Å². The summed E-state index contributed by atoms with van der Waals surface area (Å²) >= 11 is 0. The number of primary amides is 1. The molecule has 0 saturated carbocycles. The summed E-state index contributed by atoms with van der Waals surface area (Å²) in [5, 5.41) is 33.1. The number of carbonyl (C=O) groups is 6. The highest BCUT2D eigenvalue weighted by molar-refractivity contribution is 5.97. The lowest BCUT2D eigenvalue weighted by molar-refractivity contribution is -0.144. The molecule has 14 heteroatoms. The summed E-state index contributed by atoms with van der Waals surface area (Å²) in [6.07, 6.45) is -1.07. The summed E-state index contributed by atoms with van der Waals surface area (Å²) in [6.45, 7) is 2.50. The number of aliphatic hydroxyl groups is 1. The number of nitrogens with one attached hydrogen (secondary N) is 3. The molecule has 0 aromatic heterocycles. The molecular weight excluding hydrogens is 418 g/mol. The maximum atomic E-state index is 12.5. The maximum Gasteiger partial charge on any atom is 0.328 e. The third-order valence-electron chi connectivity index (χ3n) is 4.41. The molecule has 0 aromatic carbocycles. The molecule has 4 amide bonds. The Morgan fingerprint density at radius 2 is 1.29 bits per heavy atom. The van der Waals surface area contributed by atoms with Gasteiger partial charge in [0.1, 0.15) is 18.1 Å². The number of carboxylic acids is 2. The second-order valence-electron chi connectivity index (χ2n) is 6.88. The first-order valence-corrected chi connectivity index (χ1v) is 9.34. The van der Waals surface area contributed by atoms with E-state index in [1.165, 1.54) is 0 Å². The molecule has 5 unspecified atom stereocenters. The lowest BCUT2D eigenvalue weighted by Crippen LogP contribution is -2.58. The topological polar surface area (TPSA) is 251 Å². The maximum absolute atomic E-state index is 12.5. The van der Waals surface area contributed by atoms with Crippen LogP contribution in [0.2, 0.25) is 0 Å². The molecule has 0 radical (unpaired) electrons. The fourth-order valence-electron chi connectivity index (χ4n) is 2.30. The zero-order valence-electron chi connectivity index (χ0n) is 17.2. The quantitative estimate of drug-likeness (QED) is 0.129. The number of amides is 4. The van der Waals surface area contributed by atoms with Crippen molar-refractivity contribution in [2.45, 2.75) is 57.3 Å². The predicted octanol–water partition coefficient (Wildman–Crippen LogP) is -3.76. The third kappa shape index (κ3) is 9.86. The number of carboxylic acid groups (broad SMARTS) is 2. The number of nitrogens with two attached hydrogens (primary N) is 2. The average Bonchev–Trinajstić information content (AvgIpc) is 2.68. The van der Waals surface area contributed by atoms with Gasteiger partial charge < -0.3 is 42.7 Å². The Morgan fingerprint density at radius 3 is 1.68 bits per heavy atom. The van der Waals surface area contributed by atoms with Crippen LogP contribution in [0.25, 0.3) is 0 Å². The highest BCUT2D eigenvalue weighted by Crippen LogP contribution is 2.06. The van der Waals surface area contributed by atoms with E-state index in [4.69, 9.17) is 26.8 Å². The minimum absolute atomic E-state index is 0.270. The molecule has 0 bridgehead atoms. The Morgan fingerprint density at radius 1 is 0.839 bits per heavy atom. The van der Waals surface area contributed by atoms with Crippen LogP contribution in [0.5, 0.6) is 0 Å². The molecule has 10 N–H and O–H groups in total. The molecular formula is C17H29N5O9. The number of aliphatic hydroxyl groups excluding tert-OH is 1. The van der Waals surface area contributed by atoms with E-state index in [-0.39, 0.29) is 5.92 Å². The molecule has 0 aliphatic rings. The van der Waals surface area contributed by atoms with Gasteiger partial charge in [-0.3, -0.25) is 24.0 Å². The predicted molar refractivity (Wildman–Crippen MR) is 104 cm³/mol. The van der Waals surface area contributed by atoms with Crippen molar-refractivity contribution in [3.05, 3.63) is 0 Å². The van der Waals surface area contributed by atoms with Gasteiger partial charge in [0.2, 0.25) is 23.6 Å². The molecule has 31 heavy (non-hydrogen) atoms. The van der Waals surface area contributed by atoms with Gasteiger partial charge in [-0.1, -0.05) is 20.3 Å². The van der Waals surface area contributed by atoms with Gasteiger partial charge in [-0.15, -0.1) is 0 Å². The smallest absolute Gasteiger partial charge is 0.328 e. The molecule has 0 heterocycles. The van der Waals surface area contributed by atoms with Crippen LogP contribution in [0.3, 0.4) is 0 Å². The first-order chi connectivity index (χ1) is 14.3. The Kier molecular flexibility index (Phi) is 11.7. The van der Waals surface area contributed by atoms with E-state index in [1.807, 2.05) is 5.32 Å². The Hall–Kier alpha value is -3.26. The third-order valence-corrected chi connectivity index (χ3v) is 4.41. The van der Waals surface area contributed by atoms with Crippen LogP contribution in [0, 0.1) is 5.92 Å². The first-order valence-electron chi connectivity index (χ1n) is 9.34. The average molecular weight is 447 g/mol. The molecule has 0 aliphatic carbocycles. The van der Waals surface area contributed by atoms with Crippen molar-refractivity contribution in [1.29, 1.82) is 0 Å². The van der Waals surface area contributed by atoms with E-state index < -0.39 is 79.2 Å². The van der Waals surface area contributed by atoms with Crippen LogP contribution >= 0.6 is 0 Å². The van der Waals surface area contributed by atoms with E-state index in [0.717, 1.165) is 0 Å². The van der Waals surface area contributed by atoms with Crippen LogP contribution in [0.1, 0.15) is 33.1 Å². The van der Waals surface area contributed by atoms with Crippen molar-refractivity contribution in [2.24, 2.45) is 17.4 Å². The molecule has 5 atom stereocenters. The van der Waals surface area contributed by atoms with Gasteiger partial charge in [0.25, 0.3) is 0 Å². The standard InChI is InChI=1S/C17H29N5O9/c1-3-7(2)13(19)16(29)21-9(5-12(25)26)15(28)20-8(4-11(18)24)14(27)22-10(6-23)17(30)31/h7-10,13,23H,3-6,19H2,1-2H3,(H2,18,24)(H,20,28)(H,21,29)(H,22,27)(H,25,26)(H,30,31). The summed E-state index contributed by atoms with van der Waals surface area (Å²) in [5.41, 5.74) is 10.8. The van der Waals surface area contributed by atoms with Gasteiger partial charge in [-0.05, 0) is 5.92 Å². The van der Waals surface area contributed by atoms with E-state index in [0.29, 0.717) is 6.42 Å². The number of aliphatic carboxylic acids is 2. The van der Waals surface area contributed by atoms with Crippen LogP contribution in [0.4, 0.5) is 0 Å². The molecule has 0 saturated heterocycles. The summed E-state index contributed by atoms with van der Waals surface area (Å²) in [5.74, 6) is -7.41. The second-order valence-corrected chi connectivity index (χ2v) is 6.88. The Bertz CT molecular complexity index is 699. The Labute approximate surface area is 177 Å². The number of hydrogen-bond acceptors (Lipinski definition) is 8. The Balaban J connectivity index is 5.50. The van der Waals surface area contributed by atoms with Crippen LogP contribution < -0.4 is 27.4 Å². The molecule has 0 rings (SSSR count). The molecule has 14 nitrogen and oxygen atoms in total. The van der Waals surface area contributed by atoms with Gasteiger partial charge in [-0.2, -0.15) is 0 Å². The summed E-state index contributed by atoms with van der Waals surface area (Å²) < 4.78 is 0. The van der Waals surface area contributed by atoms with Crippen LogP contribution in [0.15, 0.2) is 0 Å². The highest BCUT2D eigenvalue weighted by Gasteiger charge is 2.32. The zero-order chi connectivity index (χ0) is 24.3. The number of hydrogen-bond donors (Lipinski definition) is 8. The van der Waals surface area contributed by atoms with Crippen LogP contribution in [-0.4, -0.2) is 81.7 Å². The zero-order valence-corrected chi connectivity index (χ0v) is 17.2. The first kappa shape index (κ1) is 27.7. The number of rotatable bonds is 14. The summed E-state index contributed by atoms with van der Waals surface area (Å²) in [7, 11) is 0. The van der Waals surface area contributed by atoms with E-state index >= 15 is 0 Å². The SMILES string of the molecule is CCC(C)C(N)C(=O)NC(CC(=O)O)C(=O)NC(CC(N)=O)C(=O)NC(CO)C(=O)O. The van der Waals surface area contributed by atoms with Crippen molar-refractivity contribution < 1.29 is 44.1 Å². The van der Waals surface area contributed by atoms with Crippen molar-refractivity contribution in [3.8, 4) is 0 Å². The molecule has 176 valence electrons. The van der Waals surface area contributed by atoms with Gasteiger partial charge >= 0.3 is 11.9 Å². The largest absolute Gasteiger partial charge is 0.481 e. The minimum Gasteiger partial charge on any atom is -0.481 e. The molecule has 0 aromatic rings.